The number of hydrogen-bond donors (Lipinski definition) is 0. The minimum Gasteiger partial charge on any atom is -0.300 e. The van der Waals surface area contributed by atoms with Crippen molar-refractivity contribution in [2.24, 2.45) is 0 Å². The maximum absolute atomic E-state index is 12.5. The van der Waals surface area contributed by atoms with Crippen molar-refractivity contribution in [3.8, 4) is 0 Å². The van der Waals surface area contributed by atoms with Gasteiger partial charge in [0.2, 0.25) is 6.49 Å². The Bertz CT molecular complexity index is 189. The highest BCUT2D eigenvalue weighted by Gasteiger charge is 2.36. The molecular formula is C6H8ClF2OP. The predicted octanol–water partition coefficient (Wildman–Crippen LogP) is 3.47. The first-order valence-electron chi connectivity index (χ1n) is 2.79. The molecule has 0 bridgehead atoms. The van der Waals surface area contributed by atoms with Crippen molar-refractivity contribution in [2.45, 2.75) is 11.8 Å². The minimum atomic E-state index is -3.97. The van der Waals surface area contributed by atoms with Crippen LogP contribution in [-0.4, -0.2) is 11.8 Å². The van der Waals surface area contributed by atoms with Crippen molar-refractivity contribution in [3.05, 3.63) is 25.3 Å². The van der Waals surface area contributed by atoms with Crippen LogP contribution < -0.4 is 0 Å². The Morgan fingerprint density at radius 3 is 1.73 bits per heavy atom. The highest BCUT2D eigenvalue weighted by atomic mass is 35.7. The van der Waals surface area contributed by atoms with Crippen molar-refractivity contribution in [3.63, 3.8) is 0 Å². The zero-order valence-electron chi connectivity index (χ0n) is 5.71. The molecule has 0 heterocycles. The van der Waals surface area contributed by atoms with Crippen LogP contribution in [0.2, 0.25) is 0 Å². The van der Waals surface area contributed by atoms with Gasteiger partial charge in [-0.1, -0.05) is 13.2 Å². The standard InChI is InChI=1S/C6H8ClF2OP/c1-3-5(8)11(7,10)6(9)4-2/h3-6H,1-2H2. The van der Waals surface area contributed by atoms with E-state index in [-0.39, 0.29) is 0 Å². The first-order valence-corrected chi connectivity index (χ1v) is 5.54. The van der Waals surface area contributed by atoms with Gasteiger partial charge in [-0.25, -0.2) is 8.78 Å². The SMILES string of the molecule is C=CC(F)P(=O)(Cl)C(F)C=C. The third-order valence-electron chi connectivity index (χ3n) is 1.06. The van der Waals surface area contributed by atoms with E-state index < -0.39 is 18.3 Å². The molecule has 0 rings (SSSR count). The number of halogens is 3. The van der Waals surface area contributed by atoms with Crippen LogP contribution in [0.3, 0.4) is 0 Å². The second-order valence-corrected chi connectivity index (χ2v) is 5.66. The van der Waals surface area contributed by atoms with E-state index in [0.717, 1.165) is 0 Å². The smallest absolute Gasteiger partial charge is 0.242 e. The largest absolute Gasteiger partial charge is 0.300 e. The van der Waals surface area contributed by atoms with E-state index in [2.05, 4.69) is 13.2 Å². The third-order valence-corrected chi connectivity index (χ3v) is 3.95. The van der Waals surface area contributed by atoms with Crippen LogP contribution in [0, 0.1) is 0 Å². The van der Waals surface area contributed by atoms with Crippen LogP contribution in [0.5, 0.6) is 0 Å². The number of allylic oxidation sites excluding steroid dienone is 2. The fraction of sp³-hybridized carbons (Fsp3) is 0.333. The van der Waals surface area contributed by atoms with Crippen molar-refractivity contribution in [1.82, 2.24) is 0 Å². The summed E-state index contributed by atoms with van der Waals surface area (Å²) in [5.41, 5.74) is 0. The van der Waals surface area contributed by atoms with Gasteiger partial charge in [-0.2, -0.15) is 0 Å². The zero-order valence-corrected chi connectivity index (χ0v) is 7.36. The Labute approximate surface area is 68.9 Å². The van der Waals surface area contributed by atoms with Crippen LogP contribution in [0.25, 0.3) is 0 Å². The minimum absolute atomic E-state index is 0.712. The average molecular weight is 201 g/mol. The molecule has 0 aromatic carbocycles. The quantitative estimate of drug-likeness (QED) is 0.502. The molecule has 0 fully saturated rings. The lowest BCUT2D eigenvalue weighted by Crippen LogP contribution is -2.02. The topological polar surface area (TPSA) is 17.1 Å². The van der Waals surface area contributed by atoms with Gasteiger partial charge in [-0.05, 0) is 23.4 Å². The maximum Gasteiger partial charge on any atom is 0.242 e. The molecule has 5 heteroatoms. The van der Waals surface area contributed by atoms with Gasteiger partial charge in [0.05, 0.1) is 0 Å². The van der Waals surface area contributed by atoms with Crippen LogP contribution in [0.15, 0.2) is 25.3 Å². The zero-order chi connectivity index (χ0) is 9.07. The molecule has 0 amide bonds. The van der Waals surface area contributed by atoms with Gasteiger partial charge in [0.1, 0.15) is 0 Å². The van der Waals surface area contributed by atoms with E-state index in [1.807, 2.05) is 0 Å². The Balaban J connectivity index is 4.57. The molecule has 2 atom stereocenters. The van der Waals surface area contributed by atoms with Gasteiger partial charge in [0.15, 0.2) is 11.8 Å². The average Bonchev–Trinajstić information content (AvgIpc) is 2.01. The fourth-order valence-corrected chi connectivity index (χ4v) is 1.75. The first-order chi connectivity index (χ1) is 4.96. The van der Waals surface area contributed by atoms with E-state index >= 15 is 0 Å². The summed E-state index contributed by atoms with van der Waals surface area (Å²) in [6, 6.07) is 0. The van der Waals surface area contributed by atoms with E-state index in [1.54, 1.807) is 0 Å². The molecule has 0 aromatic rings. The van der Waals surface area contributed by atoms with Crippen LogP contribution >= 0.6 is 17.7 Å². The highest BCUT2D eigenvalue weighted by Crippen LogP contribution is 2.61. The highest BCUT2D eigenvalue weighted by molar-refractivity contribution is 7.90. The molecule has 0 aliphatic carbocycles. The third kappa shape index (κ3) is 2.42. The normalized spacial score (nSPS) is 21.4. The molecule has 0 spiro atoms. The molecule has 0 radical (unpaired) electrons. The predicted molar refractivity (Wildman–Crippen MR) is 43.6 cm³/mol. The van der Waals surface area contributed by atoms with Gasteiger partial charge >= 0.3 is 0 Å². The summed E-state index contributed by atoms with van der Waals surface area (Å²) in [5.74, 6) is -4.03. The van der Waals surface area contributed by atoms with Crippen molar-refractivity contribution in [2.75, 3.05) is 0 Å². The second kappa shape index (κ2) is 4.03. The summed E-state index contributed by atoms with van der Waals surface area (Å²) in [4.78, 5) is 0. The molecule has 2 unspecified atom stereocenters. The summed E-state index contributed by atoms with van der Waals surface area (Å²) in [7, 11) is 0. The van der Waals surface area contributed by atoms with Crippen LogP contribution in [0.1, 0.15) is 0 Å². The Morgan fingerprint density at radius 1 is 1.27 bits per heavy atom. The second-order valence-electron chi connectivity index (χ2n) is 1.84. The lowest BCUT2D eigenvalue weighted by molar-refractivity contribution is 0.436. The lowest BCUT2D eigenvalue weighted by Gasteiger charge is -2.13. The Morgan fingerprint density at radius 2 is 1.55 bits per heavy atom. The summed E-state index contributed by atoms with van der Waals surface area (Å²) in [6.07, 6.45) is 1.42. The summed E-state index contributed by atoms with van der Waals surface area (Å²) >= 11 is 5.10. The number of hydrogen-bond acceptors (Lipinski definition) is 1. The molecule has 0 aromatic heterocycles. The summed E-state index contributed by atoms with van der Waals surface area (Å²) < 4.78 is 36.0. The monoisotopic (exact) mass is 200 g/mol. The molecule has 1 nitrogen and oxygen atoms in total. The summed E-state index contributed by atoms with van der Waals surface area (Å²) in [5, 5.41) is 0. The van der Waals surface area contributed by atoms with Crippen molar-refractivity contribution >= 4 is 17.7 Å². The van der Waals surface area contributed by atoms with Gasteiger partial charge in [0, 0.05) is 0 Å². The lowest BCUT2D eigenvalue weighted by atomic mass is 10.7. The number of alkyl halides is 2. The van der Waals surface area contributed by atoms with E-state index in [9.17, 15) is 13.3 Å². The van der Waals surface area contributed by atoms with Gasteiger partial charge in [-0.3, -0.25) is 4.57 Å². The summed E-state index contributed by atoms with van der Waals surface area (Å²) in [6.45, 7) is 2.05. The fourth-order valence-electron chi connectivity index (χ4n) is 0.424. The van der Waals surface area contributed by atoms with Gasteiger partial charge in [-0.15, -0.1) is 0 Å². The molecule has 0 aliphatic rings. The Hall–Kier alpha value is -0.140. The molecule has 11 heavy (non-hydrogen) atoms. The molecule has 0 saturated carbocycles. The van der Waals surface area contributed by atoms with E-state index in [0.29, 0.717) is 12.2 Å². The molecule has 0 N–H and O–H groups in total. The van der Waals surface area contributed by atoms with Crippen LogP contribution in [0.4, 0.5) is 8.78 Å². The van der Waals surface area contributed by atoms with Crippen molar-refractivity contribution in [1.29, 1.82) is 0 Å². The van der Waals surface area contributed by atoms with Gasteiger partial charge in [0.25, 0.3) is 0 Å². The van der Waals surface area contributed by atoms with Crippen molar-refractivity contribution < 1.29 is 13.3 Å². The Kier molecular flexibility index (Phi) is 3.98. The maximum atomic E-state index is 12.5. The molecule has 0 aliphatic heterocycles. The molecular weight excluding hydrogens is 192 g/mol. The van der Waals surface area contributed by atoms with E-state index in [1.165, 1.54) is 0 Å². The van der Waals surface area contributed by atoms with Gasteiger partial charge < -0.3 is 0 Å². The van der Waals surface area contributed by atoms with Crippen LogP contribution in [-0.2, 0) is 4.57 Å². The molecule has 64 valence electrons. The van der Waals surface area contributed by atoms with E-state index in [4.69, 9.17) is 11.2 Å². The first kappa shape index (κ1) is 10.9. The number of rotatable bonds is 4. The molecule has 0 saturated heterocycles.